The predicted octanol–water partition coefficient (Wildman–Crippen LogP) is 5.55. The Morgan fingerprint density at radius 1 is 1.18 bits per heavy atom. The van der Waals surface area contributed by atoms with E-state index >= 15 is 0 Å². The van der Waals surface area contributed by atoms with Crippen molar-refractivity contribution in [2.75, 3.05) is 0 Å². The Hall–Kier alpha value is -1.30. The smallest absolute Gasteiger partial charge is 0.0230 e. The molecule has 0 bridgehead atoms. The van der Waals surface area contributed by atoms with Crippen molar-refractivity contribution < 1.29 is 0 Å². The van der Waals surface area contributed by atoms with Crippen LogP contribution in [-0.2, 0) is 0 Å². The Bertz CT molecular complexity index is 315. The number of aryl methyl sites for hydroxylation is 1. The van der Waals surface area contributed by atoms with E-state index in [0.29, 0.717) is 0 Å². The van der Waals surface area contributed by atoms with Crippen LogP contribution >= 0.6 is 0 Å². The van der Waals surface area contributed by atoms with Crippen molar-refractivity contribution in [1.82, 2.24) is 0 Å². The summed E-state index contributed by atoms with van der Waals surface area (Å²) in [6.45, 7) is 11.9. The van der Waals surface area contributed by atoms with Crippen LogP contribution in [0.3, 0.4) is 0 Å². The van der Waals surface area contributed by atoms with Crippen LogP contribution in [0.15, 0.2) is 54.6 Å². The molecule has 1 aromatic rings. The molecule has 1 aliphatic carbocycles. The van der Waals surface area contributed by atoms with Gasteiger partial charge in [-0.2, -0.15) is 0 Å². The summed E-state index contributed by atoms with van der Waals surface area (Å²) < 4.78 is 0. The third-order valence-electron chi connectivity index (χ3n) is 2.22. The van der Waals surface area contributed by atoms with Gasteiger partial charge in [0.25, 0.3) is 0 Å². The van der Waals surface area contributed by atoms with Gasteiger partial charge in [-0.25, -0.2) is 0 Å². The number of hydrogen-bond donors (Lipinski definition) is 0. The Morgan fingerprint density at radius 2 is 1.71 bits per heavy atom. The van der Waals surface area contributed by atoms with Gasteiger partial charge < -0.3 is 0 Å². The lowest BCUT2D eigenvalue weighted by Gasteiger charge is -1.82. The quantitative estimate of drug-likeness (QED) is 0.584. The van der Waals surface area contributed by atoms with Gasteiger partial charge in [0.05, 0.1) is 0 Å². The first-order valence-electron chi connectivity index (χ1n) is 6.54. The first-order chi connectivity index (χ1) is 8.18. The Labute approximate surface area is 107 Å². The molecule has 0 spiro atoms. The van der Waals surface area contributed by atoms with Crippen LogP contribution in [0.5, 0.6) is 0 Å². The summed E-state index contributed by atoms with van der Waals surface area (Å²) >= 11 is 0. The van der Waals surface area contributed by atoms with Crippen LogP contribution in [0.25, 0.3) is 0 Å². The topological polar surface area (TPSA) is 0 Å². The molecule has 0 N–H and O–H groups in total. The number of rotatable bonds is 2. The van der Waals surface area contributed by atoms with Crippen molar-refractivity contribution in [2.45, 2.75) is 40.5 Å². The van der Waals surface area contributed by atoms with Crippen LogP contribution in [0, 0.1) is 12.8 Å². The van der Waals surface area contributed by atoms with E-state index in [4.69, 9.17) is 0 Å². The average molecular weight is 230 g/mol. The summed E-state index contributed by atoms with van der Waals surface area (Å²) in [4.78, 5) is 0. The first-order valence-corrected chi connectivity index (χ1v) is 6.54. The van der Waals surface area contributed by atoms with E-state index in [0.717, 1.165) is 11.5 Å². The van der Waals surface area contributed by atoms with Crippen molar-refractivity contribution in [2.24, 2.45) is 5.92 Å². The van der Waals surface area contributed by atoms with E-state index in [1.807, 2.05) is 39.0 Å². The summed E-state index contributed by atoms with van der Waals surface area (Å²) in [5, 5.41) is 0. The number of allylic oxidation sites excluding steroid dienone is 3. The molecular weight excluding hydrogens is 204 g/mol. The summed E-state index contributed by atoms with van der Waals surface area (Å²) in [6.07, 6.45) is 7.15. The van der Waals surface area contributed by atoms with Crippen LogP contribution in [0.4, 0.5) is 0 Å². The van der Waals surface area contributed by atoms with Crippen molar-refractivity contribution >= 4 is 0 Å². The second-order valence-electron chi connectivity index (χ2n) is 4.20. The van der Waals surface area contributed by atoms with Gasteiger partial charge in [-0.1, -0.05) is 74.0 Å². The lowest BCUT2D eigenvalue weighted by atomic mass is 10.2. The van der Waals surface area contributed by atoms with Gasteiger partial charge in [-0.15, -0.1) is 0 Å². The highest BCUT2D eigenvalue weighted by atomic mass is 14.2. The molecule has 0 nitrogen and oxygen atoms in total. The van der Waals surface area contributed by atoms with Crippen molar-refractivity contribution in [3.05, 3.63) is 60.2 Å². The molecule has 0 saturated heterocycles. The van der Waals surface area contributed by atoms with Gasteiger partial charge in [0.2, 0.25) is 0 Å². The largest absolute Gasteiger partial charge is 0.0961 e. The van der Waals surface area contributed by atoms with Gasteiger partial charge >= 0.3 is 0 Å². The molecule has 1 aliphatic rings. The summed E-state index contributed by atoms with van der Waals surface area (Å²) in [6, 6.07) is 10.3. The fourth-order valence-corrected chi connectivity index (χ4v) is 1.12. The summed E-state index contributed by atoms with van der Waals surface area (Å²) in [5.74, 6) is 0.895. The second kappa shape index (κ2) is 9.89. The predicted molar refractivity (Wildman–Crippen MR) is 79.2 cm³/mol. The molecule has 1 saturated carbocycles. The van der Waals surface area contributed by atoms with Gasteiger partial charge in [0.1, 0.15) is 0 Å². The van der Waals surface area contributed by atoms with Crippen molar-refractivity contribution in [1.29, 1.82) is 0 Å². The maximum absolute atomic E-state index is 3.77. The third-order valence-corrected chi connectivity index (χ3v) is 2.22. The van der Waals surface area contributed by atoms with E-state index in [1.54, 1.807) is 0 Å². The molecule has 0 heterocycles. The Balaban J connectivity index is 0.000000265. The second-order valence-corrected chi connectivity index (χ2v) is 4.20. The lowest BCUT2D eigenvalue weighted by Crippen LogP contribution is -1.63. The van der Waals surface area contributed by atoms with Crippen molar-refractivity contribution in [3.63, 3.8) is 0 Å². The minimum Gasteiger partial charge on any atom is -0.0961 e. The molecule has 1 fully saturated rings. The highest BCUT2D eigenvalue weighted by Gasteiger charge is 2.16. The molecule has 1 aromatic carbocycles. The normalized spacial score (nSPS) is 13.2. The SMILES string of the molecule is C=C(C)/C=C\C1CC1.CC.Cc1ccccc1. The molecule has 0 heteroatoms. The zero-order valence-electron chi connectivity index (χ0n) is 11.7. The molecule has 94 valence electrons. The summed E-state index contributed by atoms with van der Waals surface area (Å²) in [7, 11) is 0. The van der Waals surface area contributed by atoms with E-state index in [-0.39, 0.29) is 0 Å². The fourth-order valence-electron chi connectivity index (χ4n) is 1.12. The van der Waals surface area contributed by atoms with Crippen LogP contribution < -0.4 is 0 Å². The molecule has 0 aliphatic heterocycles. The molecule has 17 heavy (non-hydrogen) atoms. The maximum Gasteiger partial charge on any atom is -0.0230 e. The third kappa shape index (κ3) is 11.0. The van der Waals surface area contributed by atoms with Crippen LogP contribution in [0.2, 0.25) is 0 Å². The average Bonchev–Trinajstić information content (AvgIpc) is 3.15. The molecule has 0 unspecified atom stereocenters. The zero-order valence-corrected chi connectivity index (χ0v) is 11.7. The van der Waals surface area contributed by atoms with Gasteiger partial charge in [0.15, 0.2) is 0 Å². The summed E-state index contributed by atoms with van der Waals surface area (Å²) in [5.41, 5.74) is 2.49. The molecule has 0 amide bonds. The standard InChI is InChI=1S/C8H12.C7H8.C2H6/c1-7(2)3-4-8-5-6-8;1-7-5-3-2-4-6-7;1-2/h3-4,8H,1,5-6H2,2H3;2-6H,1H3;1-2H3/b4-3-;;. The lowest BCUT2D eigenvalue weighted by molar-refractivity contribution is 1.12. The van der Waals surface area contributed by atoms with Crippen molar-refractivity contribution in [3.8, 4) is 0 Å². The minimum absolute atomic E-state index is 0.895. The highest BCUT2D eigenvalue weighted by molar-refractivity contribution is 5.13. The Morgan fingerprint density at radius 3 is 2.00 bits per heavy atom. The van der Waals surface area contributed by atoms with Gasteiger partial charge in [0, 0.05) is 0 Å². The van der Waals surface area contributed by atoms with E-state index in [1.165, 1.54) is 18.4 Å². The fraction of sp³-hybridized carbons (Fsp3) is 0.412. The molecule has 0 radical (unpaired) electrons. The van der Waals surface area contributed by atoms with Crippen LogP contribution in [-0.4, -0.2) is 0 Å². The van der Waals surface area contributed by atoms with Crippen LogP contribution in [0.1, 0.15) is 39.2 Å². The van der Waals surface area contributed by atoms with Gasteiger partial charge in [-0.3, -0.25) is 0 Å². The van der Waals surface area contributed by atoms with E-state index in [9.17, 15) is 0 Å². The zero-order chi connectivity index (χ0) is 13.1. The number of hydrogen-bond acceptors (Lipinski definition) is 0. The Kier molecular flexibility index (Phi) is 9.14. The monoisotopic (exact) mass is 230 g/mol. The van der Waals surface area contributed by atoms with Gasteiger partial charge in [-0.05, 0) is 32.6 Å². The first kappa shape index (κ1) is 15.7. The minimum atomic E-state index is 0.895. The van der Waals surface area contributed by atoms with E-state index < -0.39 is 0 Å². The molecule has 0 atom stereocenters. The highest BCUT2D eigenvalue weighted by Crippen LogP contribution is 2.30. The maximum atomic E-state index is 3.77. The molecule has 0 aromatic heterocycles. The molecule has 2 rings (SSSR count). The molecular formula is C17H26. The number of benzene rings is 1. The van der Waals surface area contributed by atoms with E-state index in [2.05, 4.69) is 37.8 Å².